The molecule has 24 heteroatoms. The van der Waals surface area contributed by atoms with Crippen molar-refractivity contribution in [3.05, 3.63) is 16.8 Å². The van der Waals surface area contributed by atoms with Crippen molar-refractivity contribution in [1.29, 1.82) is 0 Å². The molecule has 1 aliphatic rings. The van der Waals surface area contributed by atoms with E-state index >= 15 is 0 Å². The summed E-state index contributed by atoms with van der Waals surface area (Å²) >= 11 is 0. The van der Waals surface area contributed by atoms with Gasteiger partial charge in [0.1, 0.15) is 24.6 Å². The highest BCUT2D eigenvalue weighted by Crippen LogP contribution is 2.66. The number of anilines is 1. The molecular weight excluding hydrogens is 533 g/mol. The fourth-order valence-corrected chi connectivity index (χ4v) is 5.84. The number of rotatable bonds is 9. The quantitative estimate of drug-likeness (QED) is 0.0882. The van der Waals surface area contributed by atoms with Gasteiger partial charge in [0.05, 0.1) is 6.61 Å². The summed E-state index contributed by atoms with van der Waals surface area (Å²) < 4.78 is 51.8. The number of aromatic nitrogens is 4. The lowest BCUT2D eigenvalue weighted by atomic mass is 10.1. The van der Waals surface area contributed by atoms with E-state index in [2.05, 4.69) is 38.1 Å². The predicted molar refractivity (Wildman–Crippen MR) is 104 cm³/mol. The van der Waals surface area contributed by atoms with Crippen molar-refractivity contribution < 1.29 is 61.4 Å². The molecule has 3 heterocycles. The topological polar surface area (TPSA) is 328 Å². The molecule has 0 aliphatic carbocycles. The number of nitrogen functional groups attached to an aromatic ring is 1. The maximum Gasteiger partial charge on any atom is 0.490 e. The molecule has 2 aromatic rings. The number of imidazole rings is 1. The van der Waals surface area contributed by atoms with Crippen LogP contribution in [0.4, 0.5) is 11.8 Å². The molecule has 2 aromatic heterocycles. The van der Waals surface area contributed by atoms with E-state index < -0.39 is 60.6 Å². The van der Waals surface area contributed by atoms with Gasteiger partial charge in [-0.25, -0.2) is 28.6 Å². The zero-order valence-corrected chi connectivity index (χ0v) is 18.9. The lowest BCUT2D eigenvalue weighted by molar-refractivity contribution is -0.0495. The standard InChI is InChI=1S/C10H15N8O13P3/c11-7-4-8(14-2-13-7)18(10(15-4)16-17-12)9-6(20)5(19)3(29-9)1-28-33(24,25)31-34(26,27)30-32(21,22)23/h2-3,5-6,9,19-20H,1H2,(H,24,25)(H,26,27)(H2,11,13,14)(H2,21,22,23)/t3-,5+,6?,9-/m1/s1. The largest absolute Gasteiger partial charge is 0.490 e. The number of hydrogen-bond acceptors (Lipinski definition) is 14. The van der Waals surface area contributed by atoms with E-state index in [0.29, 0.717) is 0 Å². The van der Waals surface area contributed by atoms with E-state index in [1.165, 1.54) is 0 Å². The normalized spacial score (nSPS) is 26.6. The van der Waals surface area contributed by atoms with Crippen LogP contribution in [0, 0.1) is 0 Å². The van der Waals surface area contributed by atoms with Gasteiger partial charge in [-0.15, -0.1) is 0 Å². The number of aliphatic hydroxyl groups is 2. The lowest BCUT2D eigenvalue weighted by Crippen LogP contribution is -2.33. The van der Waals surface area contributed by atoms with Crippen LogP contribution < -0.4 is 5.73 Å². The molecule has 34 heavy (non-hydrogen) atoms. The lowest BCUT2D eigenvalue weighted by Gasteiger charge is -2.19. The number of fused-ring (bicyclic) bond motifs is 1. The Kier molecular flexibility index (Phi) is 7.45. The zero-order chi connectivity index (χ0) is 25.5. The molecular formula is C10H15N8O13P3. The van der Waals surface area contributed by atoms with Gasteiger partial charge in [0, 0.05) is 4.91 Å². The number of azide groups is 1. The molecule has 6 atom stereocenters. The van der Waals surface area contributed by atoms with Gasteiger partial charge >= 0.3 is 23.5 Å². The Hall–Kier alpha value is -2.05. The van der Waals surface area contributed by atoms with Crippen molar-refractivity contribution in [1.82, 2.24) is 19.5 Å². The summed E-state index contributed by atoms with van der Waals surface area (Å²) in [6, 6.07) is 0. The first-order chi connectivity index (χ1) is 15.6. The van der Waals surface area contributed by atoms with Crippen LogP contribution in [-0.4, -0.2) is 74.2 Å². The first kappa shape index (κ1) is 26.6. The molecule has 3 unspecified atom stereocenters. The van der Waals surface area contributed by atoms with Gasteiger partial charge in [-0.1, -0.05) is 0 Å². The monoisotopic (exact) mass is 548 g/mol. The van der Waals surface area contributed by atoms with Crippen LogP contribution in [0.1, 0.15) is 6.23 Å². The third-order valence-corrected chi connectivity index (χ3v) is 7.83. The summed E-state index contributed by atoms with van der Waals surface area (Å²) in [6.07, 6.45) is -5.71. The molecule has 0 spiro atoms. The van der Waals surface area contributed by atoms with E-state index in [9.17, 15) is 28.8 Å². The maximum atomic E-state index is 11.9. The number of hydrogen-bond donors (Lipinski definition) is 7. The van der Waals surface area contributed by atoms with E-state index in [0.717, 1.165) is 10.9 Å². The van der Waals surface area contributed by atoms with Gasteiger partial charge in [0.25, 0.3) is 0 Å². The molecule has 0 saturated carbocycles. The van der Waals surface area contributed by atoms with E-state index in [1.807, 2.05) is 0 Å². The smallest absolute Gasteiger partial charge is 0.387 e. The molecule has 0 bridgehead atoms. The maximum absolute atomic E-state index is 11.9. The average molecular weight is 548 g/mol. The van der Waals surface area contributed by atoms with Gasteiger partial charge < -0.3 is 40.3 Å². The van der Waals surface area contributed by atoms with E-state index in [1.54, 1.807) is 0 Å². The number of nitrogens with zero attached hydrogens (tertiary/aromatic N) is 7. The first-order valence-corrected chi connectivity index (χ1v) is 13.0. The van der Waals surface area contributed by atoms with Crippen molar-refractivity contribution in [3.8, 4) is 0 Å². The minimum Gasteiger partial charge on any atom is -0.387 e. The Bertz CT molecular complexity index is 1280. The van der Waals surface area contributed by atoms with E-state index in [-0.39, 0.29) is 17.0 Å². The second kappa shape index (κ2) is 9.54. The van der Waals surface area contributed by atoms with Crippen LogP contribution >= 0.6 is 23.5 Å². The second-order valence-electron chi connectivity index (χ2n) is 6.34. The van der Waals surface area contributed by atoms with Gasteiger partial charge in [-0.2, -0.15) is 8.62 Å². The molecule has 21 nitrogen and oxygen atoms in total. The Balaban J connectivity index is 1.80. The highest BCUT2D eigenvalue weighted by atomic mass is 31.3. The molecule has 8 N–H and O–H groups in total. The van der Waals surface area contributed by atoms with Crippen LogP contribution in [0.3, 0.4) is 0 Å². The summed E-state index contributed by atoms with van der Waals surface area (Å²) in [5, 5.41) is 24.0. The van der Waals surface area contributed by atoms with Crippen LogP contribution in [-0.2, 0) is 31.6 Å². The van der Waals surface area contributed by atoms with Crippen molar-refractivity contribution in [3.63, 3.8) is 0 Å². The highest BCUT2D eigenvalue weighted by Gasteiger charge is 2.47. The van der Waals surface area contributed by atoms with Crippen LogP contribution in [0.15, 0.2) is 11.4 Å². The van der Waals surface area contributed by atoms with E-state index in [4.69, 9.17) is 30.7 Å². The molecule has 188 valence electrons. The zero-order valence-electron chi connectivity index (χ0n) is 16.2. The second-order valence-corrected chi connectivity index (χ2v) is 10.8. The molecule has 0 amide bonds. The summed E-state index contributed by atoms with van der Waals surface area (Å²) in [5.41, 5.74) is 14.4. The Morgan fingerprint density at radius 2 is 1.82 bits per heavy atom. The summed E-state index contributed by atoms with van der Waals surface area (Å²) in [6.45, 7) is -1.06. The van der Waals surface area contributed by atoms with Crippen molar-refractivity contribution in [2.45, 2.75) is 24.5 Å². The van der Waals surface area contributed by atoms with Crippen LogP contribution in [0.2, 0.25) is 0 Å². The Morgan fingerprint density at radius 1 is 1.15 bits per heavy atom. The molecule has 3 rings (SSSR count). The fourth-order valence-electron chi connectivity index (χ4n) is 2.81. The third kappa shape index (κ3) is 5.95. The molecule has 1 saturated heterocycles. The van der Waals surface area contributed by atoms with Gasteiger partial charge in [-0.3, -0.25) is 9.09 Å². The Morgan fingerprint density at radius 3 is 2.44 bits per heavy atom. The minimum atomic E-state index is -5.76. The summed E-state index contributed by atoms with van der Waals surface area (Å²) in [5.74, 6) is -0.509. The molecule has 0 aromatic carbocycles. The number of ether oxygens (including phenoxy) is 1. The third-order valence-electron chi connectivity index (χ3n) is 4.03. The molecule has 0 radical (unpaired) electrons. The summed E-state index contributed by atoms with van der Waals surface area (Å²) in [7, 11) is -16.9. The van der Waals surface area contributed by atoms with Gasteiger partial charge in [0.2, 0.25) is 5.95 Å². The Labute approximate surface area is 186 Å². The fraction of sp³-hybridized carbons (Fsp3) is 0.500. The van der Waals surface area contributed by atoms with Crippen molar-refractivity contribution in [2.75, 3.05) is 12.3 Å². The van der Waals surface area contributed by atoms with Gasteiger partial charge in [-0.05, 0) is 10.6 Å². The average Bonchev–Trinajstić information content (AvgIpc) is 3.16. The number of aliphatic hydroxyl groups excluding tert-OH is 2. The number of phosphoric acid groups is 3. The highest BCUT2D eigenvalue weighted by molar-refractivity contribution is 7.66. The SMILES string of the molecule is [N-]=[N+]=Nc1nc2c(N)ncnc2n1[C@@H]1O[C@H](COP(=O)(O)OP(=O)(O)OP(=O)(O)O)[C@H](O)C1O. The molecule has 1 aliphatic heterocycles. The van der Waals surface area contributed by atoms with Gasteiger partial charge in [0.15, 0.2) is 23.2 Å². The van der Waals surface area contributed by atoms with Crippen LogP contribution in [0.25, 0.3) is 21.6 Å². The predicted octanol–water partition coefficient (Wildman–Crippen LogP) is -0.687. The first-order valence-electron chi connectivity index (χ1n) is 8.47. The van der Waals surface area contributed by atoms with Crippen molar-refractivity contribution >= 4 is 46.4 Å². The minimum absolute atomic E-state index is 0.0353. The number of phosphoric ester groups is 1. The number of nitrogens with two attached hydrogens (primary N) is 1. The molecule has 1 fully saturated rings. The summed E-state index contributed by atoms with van der Waals surface area (Å²) in [4.78, 5) is 49.9. The van der Waals surface area contributed by atoms with Crippen LogP contribution in [0.5, 0.6) is 0 Å². The van der Waals surface area contributed by atoms with Crippen molar-refractivity contribution in [2.24, 2.45) is 5.11 Å².